The van der Waals surface area contributed by atoms with Gasteiger partial charge in [0.05, 0.1) is 27.9 Å². The van der Waals surface area contributed by atoms with Crippen LogP contribution in [-0.4, -0.2) is 56.4 Å². The number of aromatic nitrogens is 3. The highest BCUT2D eigenvalue weighted by atomic mass is 32.1. The molecule has 2 aliphatic heterocycles. The average Bonchev–Trinajstić information content (AvgIpc) is 3.74. The van der Waals surface area contributed by atoms with Gasteiger partial charge in [-0.05, 0) is 112 Å². The van der Waals surface area contributed by atoms with Crippen LogP contribution in [-0.2, 0) is 27.9 Å². The number of fused-ring (bicyclic) bond motifs is 6. The van der Waals surface area contributed by atoms with Crippen LogP contribution in [0.2, 0.25) is 0 Å². The van der Waals surface area contributed by atoms with E-state index in [1.165, 1.54) is 27.0 Å². The van der Waals surface area contributed by atoms with Crippen molar-refractivity contribution in [1.82, 2.24) is 30.1 Å². The van der Waals surface area contributed by atoms with Crippen LogP contribution in [0, 0.1) is 0 Å². The number of nitrogens with zero attached hydrogens (tertiary/aromatic N) is 3. The highest BCUT2D eigenvalue weighted by Crippen LogP contribution is 2.41. The zero-order chi connectivity index (χ0) is 43.6. The molecule has 0 radical (unpaired) electrons. The first kappa shape index (κ1) is 42.5. The lowest BCUT2D eigenvalue weighted by Crippen LogP contribution is -2.44. The fourth-order valence-corrected chi connectivity index (χ4v) is 11.1. The van der Waals surface area contributed by atoms with Crippen LogP contribution >= 0.6 is 11.3 Å². The first-order valence-electron chi connectivity index (χ1n) is 23.0. The number of amides is 4. The molecule has 9 rings (SSSR count). The smallest absolute Gasteiger partial charge is 0.329 e. The molecule has 1 saturated heterocycles. The van der Waals surface area contributed by atoms with Gasteiger partial charge in [0, 0.05) is 59.6 Å². The largest absolute Gasteiger partial charge is 0.381 e. The minimum atomic E-state index is -0.670. The summed E-state index contributed by atoms with van der Waals surface area (Å²) in [5.41, 5.74) is 7.65. The molecule has 63 heavy (non-hydrogen) atoms. The Balaban J connectivity index is 0.668. The van der Waals surface area contributed by atoms with E-state index in [1.54, 1.807) is 11.6 Å². The SMILES string of the molecule is C[C@@H]1CNc2c(sc3ccc4nc(-c5ccc(C6CCC(NC(=O)CCCCCCCCCc7ccc8c(c7)n(C)c(=O)n8C7CCC(=O)NC7=O)CC6)cc5)ccc4c23)C(=O)N1. The standard InChI is InChI=1S/C50H57N7O5S/c1-30-29-51-46-45-36-21-22-37(54-38(36)23-26-42(45)63-47(46)49(61)52-30)34-15-13-32(14-16-34)33-17-19-35(20-18-33)53-43(58)11-9-7-5-3-4-6-8-10-31-12-24-39-41(28-31)56(2)50(62)57(39)40-25-27-44(59)55-48(40)60/h12-16,21-24,26,28,30,33,35,40,51H,3-11,17-20,25,27,29H2,1-2H3,(H,52,61)(H,53,58)(H,55,59,60)/t30-,33?,35?,40?/m1/s1. The molecular formula is C50H57N7O5S. The Morgan fingerprint density at radius 3 is 2.38 bits per heavy atom. The number of hydrogen-bond donors (Lipinski definition) is 4. The molecule has 328 valence electrons. The van der Waals surface area contributed by atoms with E-state index in [1.807, 2.05) is 19.1 Å². The van der Waals surface area contributed by atoms with Crippen LogP contribution in [0.15, 0.2) is 71.5 Å². The lowest BCUT2D eigenvalue weighted by atomic mass is 9.81. The van der Waals surface area contributed by atoms with Gasteiger partial charge in [-0.1, -0.05) is 62.4 Å². The number of thiophene rings is 1. The number of unbranched alkanes of at least 4 members (excludes halogenated alkanes) is 6. The molecule has 13 heteroatoms. The number of hydrogen-bond acceptors (Lipinski definition) is 8. The molecule has 3 aromatic heterocycles. The highest BCUT2D eigenvalue weighted by molar-refractivity contribution is 7.21. The summed E-state index contributed by atoms with van der Waals surface area (Å²) >= 11 is 1.53. The van der Waals surface area contributed by atoms with E-state index in [4.69, 9.17) is 4.98 Å². The summed E-state index contributed by atoms with van der Waals surface area (Å²) in [7, 11) is 1.73. The summed E-state index contributed by atoms with van der Waals surface area (Å²) in [6, 6.07) is 22.9. The molecule has 1 unspecified atom stereocenters. The monoisotopic (exact) mass is 867 g/mol. The number of imidazole rings is 1. The highest BCUT2D eigenvalue weighted by Gasteiger charge is 2.31. The normalized spacial score (nSPS) is 20.3. The Bertz CT molecular complexity index is 2760. The number of benzene rings is 3. The van der Waals surface area contributed by atoms with Crippen molar-refractivity contribution in [2.24, 2.45) is 7.05 Å². The van der Waals surface area contributed by atoms with E-state index in [-0.39, 0.29) is 41.9 Å². The number of pyridine rings is 1. The molecule has 5 heterocycles. The van der Waals surface area contributed by atoms with E-state index in [0.29, 0.717) is 25.3 Å². The van der Waals surface area contributed by atoms with Crippen molar-refractivity contribution in [2.75, 3.05) is 11.9 Å². The molecule has 3 aromatic carbocycles. The second-order valence-corrected chi connectivity index (χ2v) is 19.0. The van der Waals surface area contributed by atoms with E-state index in [2.05, 4.69) is 75.9 Å². The van der Waals surface area contributed by atoms with Gasteiger partial charge in [-0.25, -0.2) is 9.78 Å². The van der Waals surface area contributed by atoms with Gasteiger partial charge in [0.1, 0.15) is 10.9 Å². The molecule has 0 spiro atoms. The molecule has 1 saturated carbocycles. The van der Waals surface area contributed by atoms with Gasteiger partial charge in [0.2, 0.25) is 17.7 Å². The van der Waals surface area contributed by atoms with Crippen molar-refractivity contribution in [3.05, 3.63) is 93.2 Å². The van der Waals surface area contributed by atoms with Gasteiger partial charge in [-0.3, -0.25) is 33.6 Å². The van der Waals surface area contributed by atoms with Gasteiger partial charge in [-0.2, -0.15) is 0 Å². The van der Waals surface area contributed by atoms with E-state index >= 15 is 0 Å². The Labute approximate surface area is 371 Å². The maximum Gasteiger partial charge on any atom is 0.329 e. The lowest BCUT2D eigenvalue weighted by molar-refractivity contribution is -0.135. The Kier molecular flexibility index (Phi) is 12.5. The number of piperidine rings is 1. The van der Waals surface area contributed by atoms with Gasteiger partial charge >= 0.3 is 5.69 Å². The Morgan fingerprint density at radius 1 is 0.841 bits per heavy atom. The molecule has 12 nitrogen and oxygen atoms in total. The van der Waals surface area contributed by atoms with Crippen molar-refractivity contribution >= 4 is 72.7 Å². The van der Waals surface area contributed by atoms with Crippen molar-refractivity contribution < 1.29 is 19.2 Å². The maximum atomic E-state index is 13.1. The minimum Gasteiger partial charge on any atom is -0.381 e. The zero-order valence-electron chi connectivity index (χ0n) is 36.3. The predicted octanol–water partition coefficient (Wildman–Crippen LogP) is 8.80. The van der Waals surface area contributed by atoms with Crippen LogP contribution in [0.5, 0.6) is 0 Å². The summed E-state index contributed by atoms with van der Waals surface area (Å²) in [4.78, 5) is 68.6. The fourth-order valence-electron chi connectivity index (χ4n) is 9.98. The number of carbonyl (C=O) groups is 4. The van der Waals surface area contributed by atoms with Crippen LogP contribution < -0.4 is 27.0 Å². The number of aryl methyl sites for hydroxylation is 2. The second kappa shape index (κ2) is 18.5. The minimum absolute atomic E-state index is 0.0207. The molecule has 1 aliphatic carbocycles. The lowest BCUT2D eigenvalue weighted by Gasteiger charge is -2.29. The first-order valence-corrected chi connectivity index (χ1v) is 23.8. The van der Waals surface area contributed by atoms with Crippen molar-refractivity contribution in [1.29, 1.82) is 0 Å². The summed E-state index contributed by atoms with van der Waals surface area (Å²) in [5, 5.41) is 14.4. The topological polar surface area (TPSA) is 156 Å². The Morgan fingerprint density at radius 2 is 1.60 bits per heavy atom. The summed E-state index contributed by atoms with van der Waals surface area (Å²) in [6.07, 6.45) is 13.8. The molecular weight excluding hydrogens is 811 g/mol. The van der Waals surface area contributed by atoms with Crippen LogP contribution in [0.3, 0.4) is 0 Å². The van der Waals surface area contributed by atoms with Gasteiger partial charge in [-0.15, -0.1) is 11.3 Å². The third kappa shape index (κ3) is 9.02. The van der Waals surface area contributed by atoms with E-state index in [9.17, 15) is 24.0 Å². The average molecular weight is 868 g/mol. The summed E-state index contributed by atoms with van der Waals surface area (Å²) in [6.45, 7) is 2.70. The summed E-state index contributed by atoms with van der Waals surface area (Å²) in [5.74, 6) is -0.0591. The first-order chi connectivity index (χ1) is 30.6. The van der Waals surface area contributed by atoms with Crippen LogP contribution in [0.25, 0.3) is 43.3 Å². The molecule has 6 aromatic rings. The van der Waals surface area contributed by atoms with Crippen LogP contribution in [0.1, 0.15) is 130 Å². The number of carbonyl (C=O) groups excluding carboxylic acids is 4. The molecule has 2 fully saturated rings. The van der Waals surface area contributed by atoms with Gasteiger partial charge in [0.15, 0.2) is 0 Å². The molecule has 4 amide bonds. The van der Waals surface area contributed by atoms with Gasteiger partial charge in [0.25, 0.3) is 5.91 Å². The summed E-state index contributed by atoms with van der Waals surface area (Å²) < 4.78 is 4.20. The zero-order valence-corrected chi connectivity index (χ0v) is 37.1. The van der Waals surface area contributed by atoms with Gasteiger partial charge < -0.3 is 16.0 Å². The predicted molar refractivity (Wildman–Crippen MR) is 250 cm³/mol. The second-order valence-electron chi connectivity index (χ2n) is 18.0. The van der Waals surface area contributed by atoms with E-state index < -0.39 is 11.9 Å². The van der Waals surface area contributed by atoms with Crippen molar-refractivity contribution in [2.45, 2.75) is 127 Å². The van der Waals surface area contributed by atoms with E-state index in [0.717, 1.165) is 131 Å². The maximum absolute atomic E-state index is 13.1. The fraction of sp³-hybridized carbons (Fsp3) is 0.440. The molecule has 0 bridgehead atoms. The number of rotatable bonds is 14. The number of nitrogens with one attached hydrogen (secondary N) is 4. The molecule has 2 atom stereocenters. The molecule has 3 aliphatic rings. The third-order valence-electron chi connectivity index (χ3n) is 13.5. The van der Waals surface area contributed by atoms with Crippen molar-refractivity contribution in [3.63, 3.8) is 0 Å². The third-order valence-corrected chi connectivity index (χ3v) is 14.7. The number of anilines is 1. The quantitative estimate of drug-likeness (QED) is 0.0630. The Hall–Kier alpha value is -5.82. The van der Waals surface area contributed by atoms with Crippen LogP contribution in [0.4, 0.5) is 5.69 Å². The van der Waals surface area contributed by atoms with Crippen molar-refractivity contribution in [3.8, 4) is 11.3 Å². The number of imide groups is 1. The molecule has 4 N–H and O–H groups in total.